The Labute approximate surface area is 244 Å². The maximum absolute atomic E-state index is 13.6. The zero-order valence-electron chi connectivity index (χ0n) is 21.9. The highest BCUT2D eigenvalue weighted by molar-refractivity contribution is 7.99. The van der Waals surface area contributed by atoms with Gasteiger partial charge >= 0.3 is 0 Å². The maximum Gasteiger partial charge on any atom is 0.288 e. The van der Waals surface area contributed by atoms with Gasteiger partial charge in [0.05, 0.1) is 34.6 Å². The summed E-state index contributed by atoms with van der Waals surface area (Å²) < 4.78 is 60.6. The molecule has 0 amide bonds. The van der Waals surface area contributed by atoms with Gasteiger partial charge in [-0.3, -0.25) is 14.5 Å². The van der Waals surface area contributed by atoms with Crippen molar-refractivity contribution < 1.29 is 27.0 Å². The van der Waals surface area contributed by atoms with Crippen molar-refractivity contribution in [2.45, 2.75) is 15.5 Å². The molecule has 0 atom stereocenters. The minimum atomic E-state index is -4.11. The number of aliphatic imine (C=N–C) groups is 1. The molecule has 0 saturated heterocycles. The van der Waals surface area contributed by atoms with Crippen LogP contribution < -0.4 is 15.0 Å². The lowest BCUT2D eigenvalue weighted by molar-refractivity contribution is 0.252. The Bertz CT molecular complexity index is 1960. The van der Waals surface area contributed by atoms with Gasteiger partial charge in [0, 0.05) is 21.9 Å². The van der Waals surface area contributed by atoms with Crippen LogP contribution in [0.2, 0.25) is 0 Å². The lowest BCUT2D eigenvalue weighted by Crippen LogP contribution is -2.21. The summed E-state index contributed by atoms with van der Waals surface area (Å²) in [5, 5.41) is 12.0. The van der Waals surface area contributed by atoms with Crippen molar-refractivity contribution in [3.05, 3.63) is 113 Å². The van der Waals surface area contributed by atoms with E-state index in [1.54, 1.807) is 60.7 Å². The highest BCUT2D eigenvalue weighted by atomic mass is 32.2. The van der Waals surface area contributed by atoms with Gasteiger partial charge in [0.15, 0.2) is 0 Å². The molecule has 4 aromatic carbocycles. The van der Waals surface area contributed by atoms with Crippen LogP contribution in [0.4, 0.5) is 20.2 Å². The summed E-state index contributed by atoms with van der Waals surface area (Å²) in [6.45, 7) is 0. The van der Waals surface area contributed by atoms with Crippen molar-refractivity contribution in [3.8, 4) is 17.3 Å². The number of hydrogen-bond donors (Lipinski definition) is 2. The second-order valence-electron chi connectivity index (χ2n) is 8.86. The van der Waals surface area contributed by atoms with Gasteiger partial charge in [-0.1, -0.05) is 48.2 Å². The number of rotatable bonds is 9. The molecule has 42 heavy (non-hydrogen) atoms. The largest absolute Gasteiger partial charge is 0.495 e. The van der Waals surface area contributed by atoms with Crippen LogP contribution in [-0.4, -0.2) is 37.2 Å². The van der Waals surface area contributed by atoms with E-state index in [1.807, 2.05) is 0 Å². The normalized spacial score (nSPS) is 11.8. The molecule has 2 N–H and O–H groups in total. The van der Waals surface area contributed by atoms with Crippen LogP contribution >= 0.6 is 11.8 Å². The minimum Gasteiger partial charge on any atom is -0.495 e. The highest BCUT2D eigenvalue weighted by Crippen LogP contribution is 2.30. The molecular weight excluding hydrogens is 584 g/mol. The van der Waals surface area contributed by atoms with Crippen molar-refractivity contribution in [1.29, 1.82) is 0 Å². The molecule has 0 radical (unpaired) electrons. The summed E-state index contributed by atoms with van der Waals surface area (Å²) in [5.41, 5.74) is 0.410. The number of anilines is 1. The summed E-state index contributed by atoms with van der Waals surface area (Å²) in [4.78, 5) is 18.2. The number of pyridine rings is 1. The summed E-state index contributed by atoms with van der Waals surface area (Å²) in [5.74, 6) is -2.68. The Morgan fingerprint density at radius 3 is 2.36 bits per heavy atom. The van der Waals surface area contributed by atoms with Crippen molar-refractivity contribution in [2.75, 3.05) is 11.8 Å². The lowest BCUT2D eigenvalue weighted by Gasteiger charge is -2.15. The van der Waals surface area contributed by atoms with E-state index in [0.29, 0.717) is 33.5 Å². The summed E-state index contributed by atoms with van der Waals surface area (Å²) in [7, 11) is -2.69. The number of fused-ring (bicyclic) bond motifs is 1. The van der Waals surface area contributed by atoms with E-state index >= 15 is 0 Å². The van der Waals surface area contributed by atoms with E-state index in [1.165, 1.54) is 49.7 Å². The molecule has 0 spiro atoms. The monoisotopic (exact) mass is 607 g/mol. The number of alkyl halides is 2. The number of nitrogens with one attached hydrogen (secondary N) is 1. The molecule has 0 unspecified atom stereocenters. The first-order chi connectivity index (χ1) is 20.2. The number of halogens is 2. The molecule has 5 rings (SSSR count). The summed E-state index contributed by atoms with van der Waals surface area (Å²) in [6, 6.07) is 24.9. The van der Waals surface area contributed by atoms with E-state index < -0.39 is 27.2 Å². The van der Waals surface area contributed by atoms with Gasteiger partial charge in [-0.25, -0.2) is 13.0 Å². The van der Waals surface area contributed by atoms with Gasteiger partial charge in [-0.2, -0.15) is 8.78 Å². The average molecular weight is 608 g/mol. The SMILES string of the molecule is COc1ccccc1NS(=O)(=O)c1cccc(-n2c(O)c(C=Nc3ccc(SC(F)F)cc3)c3ccccc3c2=O)c1. The van der Waals surface area contributed by atoms with Crippen molar-refractivity contribution in [2.24, 2.45) is 4.99 Å². The Morgan fingerprint density at radius 2 is 1.64 bits per heavy atom. The smallest absolute Gasteiger partial charge is 0.288 e. The number of nitrogens with zero attached hydrogens (tertiary/aromatic N) is 2. The minimum absolute atomic E-state index is 0.106. The lowest BCUT2D eigenvalue weighted by atomic mass is 10.1. The van der Waals surface area contributed by atoms with Crippen molar-refractivity contribution in [1.82, 2.24) is 4.57 Å². The number of aromatic nitrogens is 1. The molecule has 0 aliphatic heterocycles. The van der Waals surface area contributed by atoms with Crippen LogP contribution in [-0.2, 0) is 10.0 Å². The zero-order valence-corrected chi connectivity index (χ0v) is 23.6. The van der Waals surface area contributed by atoms with E-state index in [2.05, 4.69) is 9.71 Å². The van der Waals surface area contributed by atoms with Gasteiger partial charge in [0.1, 0.15) is 5.75 Å². The van der Waals surface area contributed by atoms with Gasteiger partial charge in [0.2, 0.25) is 5.88 Å². The molecule has 0 bridgehead atoms. The Kier molecular flexibility index (Phi) is 8.27. The fraction of sp³-hybridized carbons (Fsp3) is 0.0667. The molecule has 8 nitrogen and oxygen atoms in total. The van der Waals surface area contributed by atoms with E-state index in [9.17, 15) is 27.1 Å². The van der Waals surface area contributed by atoms with Crippen LogP contribution in [0.1, 0.15) is 5.56 Å². The summed E-state index contributed by atoms with van der Waals surface area (Å²) >= 11 is 0.415. The first-order valence-corrected chi connectivity index (χ1v) is 14.8. The van der Waals surface area contributed by atoms with Gasteiger partial charge in [-0.15, -0.1) is 0 Å². The van der Waals surface area contributed by atoms with Gasteiger partial charge < -0.3 is 9.84 Å². The second kappa shape index (κ2) is 12.0. The standard InChI is InChI=1S/C30H23F2N3O5S2/c1-40-27-12-5-4-11-26(27)34-42(38,39)22-8-6-7-20(17-22)35-28(36)24-10-3-2-9-23(24)25(29(35)37)18-33-19-13-15-21(16-14-19)41-30(31)32/h2-18,30,34,37H,1H3. The van der Waals surface area contributed by atoms with Crippen molar-refractivity contribution in [3.63, 3.8) is 0 Å². The van der Waals surface area contributed by atoms with Gasteiger partial charge in [0.25, 0.3) is 21.3 Å². The average Bonchev–Trinajstić information content (AvgIpc) is 2.98. The van der Waals surface area contributed by atoms with Crippen LogP contribution in [0.25, 0.3) is 16.5 Å². The predicted molar refractivity (Wildman–Crippen MR) is 161 cm³/mol. The third kappa shape index (κ3) is 5.99. The number of para-hydroxylation sites is 2. The zero-order chi connectivity index (χ0) is 29.9. The van der Waals surface area contributed by atoms with Crippen molar-refractivity contribution >= 4 is 50.1 Å². The number of sulfonamides is 1. The predicted octanol–water partition coefficient (Wildman–Crippen LogP) is 6.57. The van der Waals surface area contributed by atoms with Crippen LogP contribution in [0.15, 0.2) is 117 Å². The number of thioether (sulfide) groups is 1. The second-order valence-corrected chi connectivity index (χ2v) is 11.6. The summed E-state index contributed by atoms with van der Waals surface area (Å²) in [6.07, 6.45) is 1.37. The maximum atomic E-state index is 13.6. The number of methoxy groups -OCH3 is 1. The van der Waals surface area contributed by atoms with Crippen LogP contribution in [0.3, 0.4) is 0 Å². The number of benzene rings is 4. The Morgan fingerprint density at radius 1 is 0.952 bits per heavy atom. The fourth-order valence-corrected chi connectivity index (χ4v) is 5.91. The molecule has 5 aromatic rings. The molecular formula is C30H23F2N3O5S2. The third-order valence-corrected chi connectivity index (χ3v) is 8.33. The first kappa shape index (κ1) is 28.8. The fourth-order valence-electron chi connectivity index (χ4n) is 4.30. The number of hydrogen-bond acceptors (Lipinski definition) is 7. The first-order valence-electron chi connectivity index (χ1n) is 12.4. The molecule has 1 aromatic heterocycles. The molecule has 0 fully saturated rings. The molecule has 0 aliphatic rings. The quantitative estimate of drug-likeness (QED) is 0.145. The van der Waals surface area contributed by atoms with Gasteiger partial charge in [-0.05, 0) is 60.7 Å². The third-order valence-electron chi connectivity index (χ3n) is 6.25. The van der Waals surface area contributed by atoms with E-state index in [-0.39, 0.29) is 27.2 Å². The molecule has 0 aliphatic carbocycles. The number of aromatic hydroxyl groups is 1. The molecule has 1 heterocycles. The van der Waals surface area contributed by atoms with Crippen LogP contribution in [0.5, 0.6) is 11.6 Å². The van der Waals surface area contributed by atoms with E-state index in [4.69, 9.17) is 4.74 Å². The number of ether oxygens (including phenoxy) is 1. The van der Waals surface area contributed by atoms with E-state index in [0.717, 1.165) is 4.57 Å². The Balaban J connectivity index is 1.58. The molecule has 214 valence electrons. The molecule has 12 heteroatoms. The Hall–Kier alpha value is -4.68. The highest BCUT2D eigenvalue weighted by Gasteiger charge is 2.20. The molecule has 0 saturated carbocycles. The van der Waals surface area contributed by atoms with Crippen LogP contribution in [0, 0.1) is 0 Å². The topological polar surface area (TPSA) is 110 Å².